The van der Waals surface area contributed by atoms with Gasteiger partial charge in [0.05, 0.1) is 6.10 Å². The van der Waals surface area contributed by atoms with E-state index in [1.165, 1.54) is 25.7 Å². The second kappa shape index (κ2) is 1.73. The molecule has 1 nitrogen and oxygen atoms in total. The van der Waals surface area contributed by atoms with Gasteiger partial charge < -0.3 is 4.74 Å². The van der Waals surface area contributed by atoms with Gasteiger partial charge in [-0.25, -0.2) is 0 Å². The molecule has 0 unspecified atom stereocenters. The van der Waals surface area contributed by atoms with Crippen LogP contribution in [0.1, 0.15) is 25.7 Å². The minimum Gasteiger partial charge on any atom is -0.378 e. The van der Waals surface area contributed by atoms with Crippen molar-refractivity contribution < 1.29 is 4.74 Å². The van der Waals surface area contributed by atoms with Crippen LogP contribution in [0, 0.1) is 5.92 Å². The molecule has 0 spiro atoms. The first-order valence-corrected chi connectivity index (χ1v) is 3.58. The maximum atomic E-state index is 5.48. The molecular weight excluding hydrogens is 100 g/mol. The molecule has 1 heterocycles. The topological polar surface area (TPSA) is 9.23 Å². The average molecular weight is 112 g/mol. The van der Waals surface area contributed by atoms with Gasteiger partial charge in [0.15, 0.2) is 0 Å². The van der Waals surface area contributed by atoms with Gasteiger partial charge in [0, 0.05) is 6.61 Å². The maximum absolute atomic E-state index is 5.48. The Labute approximate surface area is 50.0 Å². The molecule has 0 amide bonds. The summed E-state index contributed by atoms with van der Waals surface area (Å²) in [4.78, 5) is 0. The number of rotatable bonds is 0. The molecule has 0 aromatic heterocycles. The lowest BCUT2D eigenvalue weighted by Gasteiger charge is -2.04. The van der Waals surface area contributed by atoms with Crippen molar-refractivity contribution in [3.8, 4) is 0 Å². The number of ether oxygens (including phenoxy) is 1. The normalized spacial score (nSPS) is 45.0. The second-order valence-electron chi connectivity index (χ2n) is 2.89. The van der Waals surface area contributed by atoms with E-state index in [-0.39, 0.29) is 0 Å². The van der Waals surface area contributed by atoms with Gasteiger partial charge in [-0.15, -0.1) is 0 Å². The summed E-state index contributed by atoms with van der Waals surface area (Å²) in [5, 5.41) is 0. The van der Waals surface area contributed by atoms with Gasteiger partial charge in [0.1, 0.15) is 0 Å². The highest BCUT2D eigenvalue weighted by molar-refractivity contribution is 4.81. The van der Waals surface area contributed by atoms with E-state index in [2.05, 4.69) is 0 Å². The Balaban J connectivity index is 2.04. The third-order valence-electron chi connectivity index (χ3n) is 2.41. The molecule has 1 saturated carbocycles. The Kier molecular flexibility index (Phi) is 1.04. The SMILES string of the molecule is C1C[C@H]2CCO[C@@H]2C1. The van der Waals surface area contributed by atoms with Gasteiger partial charge in [-0.3, -0.25) is 0 Å². The first-order valence-electron chi connectivity index (χ1n) is 3.58. The summed E-state index contributed by atoms with van der Waals surface area (Å²) in [6, 6.07) is 0. The van der Waals surface area contributed by atoms with Crippen molar-refractivity contribution in [2.24, 2.45) is 5.92 Å². The monoisotopic (exact) mass is 112 g/mol. The Morgan fingerprint density at radius 1 is 1.12 bits per heavy atom. The first kappa shape index (κ1) is 4.80. The molecule has 0 aromatic carbocycles. The van der Waals surface area contributed by atoms with E-state index in [1.54, 1.807) is 0 Å². The summed E-state index contributed by atoms with van der Waals surface area (Å²) in [6.07, 6.45) is 6.20. The lowest BCUT2D eigenvalue weighted by Crippen LogP contribution is -2.06. The zero-order valence-corrected chi connectivity index (χ0v) is 5.10. The van der Waals surface area contributed by atoms with E-state index in [9.17, 15) is 0 Å². The minimum atomic E-state index is 0.676. The van der Waals surface area contributed by atoms with Crippen molar-refractivity contribution >= 4 is 0 Å². The second-order valence-corrected chi connectivity index (χ2v) is 2.89. The fourth-order valence-electron chi connectivity index (χ4n) is 1.92. The summed E-state index contributed by atoms with van der Waals surface area (Å²) < 4.78 is 5.48. The number of fused-ring (bicyclic) bond motifs is 1. The highest BCUT2D eigenvalue weighted by Gasteiger charge is 2.31. The lowest BCUT2D eigenvalue weighted by atomic mass is 10.1. The minimum absolute atomic E-state index is 0.676. The molecule has 1 saturated heterocycles. The maximum Gasteiger partial charge on any atom is 0.0604 e. The summed E-state index contributed by atoms with van der Waals surface area (Å²) in [6.45, 7) is 1.04. The van der Waals surface area contributed by atoms with Crippen LogP contribution in [0.4, 0.5) is 0 Å². The molecule has 2 rings (SSSR count). The molecule has 8 heavy (non-hydrogen) atoms. The van der Waals surface area contributed by atoms with Crippen LogP contribution in [0.2, 0.25) is 0 Å². The molecular formula is C7H12O. The molecule has 2 atom stereocenters. The molecule has 2 aliphatic rings. The van der Waals surface area contributed by atoms with Crippen LogP contribution in [0.3, 0.4) is 0 Å². The fourth-order valence-corrected chi connectivity index (χ4v) is 1.92. The summed E-state index contributed by atoms with van der Waals surface area (Å²) in [7, 11) is 0. The van der Waals surface area contributed by atoms with Crippen LogP contribution in [0.5, 0.6) is 0 Å². The third-order valence-corrected chi connectivity index (χ3v) is 2.41. The Morgan fingerprint density at radius 2 is 2.12 bits per heavy atom. The summed E-state index contributed by atoms with van der Waals surface area (Å²) in [5.41, 5.74) is 0. The van der Waals surface area contributed by atoms with Gasteiger partial charge in [-0.1, -0.05) is 6.42 Å². The number of hydrogen-bond acceptors (Lipinski definition) is 1. The van der Waals surface area contributed by atoms with Crippen molar-refractivity contribution in [1.82, 2.24) is 0 Å². The first-order chi connectivity index (χ1) is 3.97. The summed E-state index contributed by atoms with van der Waals surface area (Å²) >= 11 is 0. The average Bonchev–Trinajstić information content (AvgIpc) is 2.15. The molecule has 0 bridgehead atoms. The van der Waals surface area contributed by atoms with Gasteiger partial charge >= 0.3 is 0 Å². The van der Waals surface area contributed by atoms with Crippen molar-refractivity contribution in [3.63, 3.8) is 0 Å². The van der Waals surface area contributed by atoms with Crippen molar-refractivity contribution in [2.45, 2.75) is 31.8 Å². The van der Waals surface area contributed by atoms with Crippen LogP contribution in [0.15, 0.2) is 0 Å². The highest BCUT2D eigenvalue weighted by Crippen LogP contribution is 2.35. The van der Waals surface area contributed by atoms with Gasteiger partial charge in [-0.05, 0) is 25.2 Å². The van der Waals surface area contributed by atoms with Crippen molar-refractivity contribution in [3.05, 3.63) is 0 Å². The van der Waals surface area contributed by atoms with E-state index in [1.807, 2.05) is 0 Å². The number of hydrogen-bond donors (Lipinski definition) is 0. The molecule has 2 fully saturated rings. The van der Waals surface area contributed by atoms with E-state index in [4.69, 9.17) is 4.74 Å². The van der Waals surface area contributed by atoms with Crippen LogP contribution in [-0.4, -0.2) is 12.7 Å². The van der Waals surface area contributed by atoms with Gasteiger partial charge in [0.25, 0.3) is 0 Å². The summed E-state index contributed by atoms with van der Waals surface area (Å²) in [5.74, 6) is 0.954. The van der Waals surface area contributed by atoms with E-state index >= 15 is 0 Å². The zero-order chi connectivity index (χ0) is 5.40. The van der Waals surface area contributed by atoms with Crippen LogP contribution in [0.25, 0.3) is 0 Å². The van der Waals surface area contributed by atoms with Crippen LogP contribution < -0.4 is 0 Å². The van der Waals surface area contributed by atoms with E-state index in [0.717, 1.165) is 12.5 Å². The Bertz CT molecular complexity index is 70.4. The molecule has 0 radical (unpaired) electrons. The third kappa shape index (κ3) is 0.576. The molecule has 0 aromatic rings. The standard InChI is InChI=1S/C7H12O/c1-2-6-4-5-8-7(6)3-1/h6-7H,1-5H2/t6-,7+/m0/s1. The van der Waals surface area contributed by atoms with Crippen LogP contribution in [-0.2, 0) is 4.74 Å². The Morgan fingerprint density at radius 3 is 3.00 bits per heavy atom. The van der Waals surface area contributed by atoms with Crippen LogP contribution >= 0.6 is 0 Å². The van der Waals surface area contributed by atoms with Crippen molar-refractivity contribution in [2.75, 3.05) is 6.61 Å². The van der Waals surface area contributed by atoms with Crippen molar-refractivity contribution in [1.29, 1.82) is 0 Å². The fraction of sp³-hybridized carbons (Fsp3) is 1.00. The molecule has 1 heteroatoms. The Hall–Kier alpha value is -0.0400. The molecule has 1 aliphatic carbocycles. The quantitative estimate of drug-likeness (QED) is 0.462. The molecule has 1 aliphatic heterocycles. The predicted octanol–water partition coefficient (Wildman–Crippen LogP) is 1.58. The predicted molar refractivity (Wildman–Crippen MR) is 31.7 cm³/mol. The molecule has 0 N–H and O–H groups in total. The van der Waals surface area contributed by atoms with E-state index in [0.29, 0.717) is 6.10 Å². The zero-order valence-electron chi connectivity index (χ0n) is 5.10. The smallest absolute Gasteiger partial charge is 0.0604 e. The van der Waals surface area contributed by atoms with E-state index < -0.39 is 0 Å². The largest absolute Gasteiger partial charge is 0.378 e. The van der Waals surface area contributed by atoms with Gasteiger partial charge in [0.2, 0.25) is 0 Å². The lowest BCUT2D eigenvalue weighted by molar-refractivity contribution is 0.103. The molecule has 46 valence electrons. The highest BCUT2D eigenvalue weighted by atomic mass is 16.5. The van der Waals surface area contributed by atoms with Gasteiger partial charge in [-0.2, -0.15) is 0 Å².